The van der Waals surface area contributed by atoms with Gasteiger partial charge in [0.1, 0.15) is 0 Å². The average molecular weight is 335 g/mol. The van der Waals surface area contributed by atoms with Crippen LogP contribution in [0.15, 0.2) is 66.7 Å². The van der Waals surface area contributed by atoms with E-state index in [1.807, 2.05) is 56.3 Å². The molecular formula is C22H25NO2. The Morgan fingerprint density at radius 3 is 2.28 bits per heavy atom. The standard InChI is InChI=1S/C22H25NO2/c1-22(2,21(25)23-20-13-8-16(14-20)15-24)19-11-9-18(10-12-19)17-6-4-3-5-7-17/h3-13,16,20,24H,14-15H2,1-2H3,(H,23,25)/t16-,20+/m0/s1. The van der Waals surface area contributed by atoms with Crippen LogP contribution >= 0.6 is 0 Å². The van der Waals surface area contributed by atoms with Crippen LogP contribution < -0.4 is 5.32 Å². The number of aliphatic hydroxyl groups is 1. The lowest BCUT2D eigenvalue weighted by atomic mass is 9.82. The minimum Gasteiger partial charge on any atom is -0.396 e. The summed E-state index contributed by atoms with van der Waals surface area (Å²) in [6.45, 7) is 4.03. The van der Waals surface area contributed by atoms with Crippen LogP contribution in [0.3, 0.4) is 0 Å². The highest BCUT2D eigenvalue weighted by Crippen LogP contribution is 2.28. The van der Waals surface area contributed by atoms with Gasteiger partial charge in [-0.05, 0) is 37.0 Å². The van der Waals surface area contributed by atoms with E-state index in [-0.39, 0.29) is 24.5 Å². The van der Waals surface area contributed by atoms with Crippen LogP contribution in [0.25, 0.3) is 11.1 Å². The maximum atomic E-state index is 12.8. The first kappa shape index (κ1) is 17.4. The van der Waals surface area contributed by atoms with E-state index in [1.54, 1.807) is 0 Å². The van der Waals surface area contributed by atoms with Gasteiger partial charge in [-0.1, -0.05) is 66.7 Å². The van der Waals surface area contributed by atoms with Crippen molar-refractivity contribution in [1.29, 1.82) is 0 Å². The first-order valence-corrected chi connectivity index (χ1v) is 8.77. The Morgan fingerprint density at radius 2 is 1.68 bits per heavy atom. The van der Waals surface area contributed by atoms with E-state index in [2.05, 4.69) is 29.6 Å². The Bertz CT molecular complexity index is 747. The van der Waals surface area contributed by atoms with Crippen LogP contribution in [0.4, 0.5) is 0 Å². The van der Waals surface area contributed by atoms with Gasteiger partial charge in [-0.25, -0.2) is 0 Å². The molecule has 130 valence electrons. The molecule has 0 aliphatic heterocycles. The maximum Gasteiger partial charge on any atom is 0.230 e. The molecule has 0 spiro atoms. The van der Waals surface area contributed by atoms with E-state index < -0.39 is 5.41 Å². The summed E-state index contributed by atoms with van der Waals surface area (Å²) >= 11 is 0. The number of amides is 1. The second-order valence-electron chi connectivity index (χ2n) is 7.21. The second-order valence-corrected chi connectivity index (χ2v) is 7.21. The summed E-state index contributed by atoms with van der Waals surface area (Å²) in [5, 5.41) is 12.3. The summed E-state index contributed by atoms with van der Waals surface area (Å²) < 4.78 is 0. The summed E-state index contributed by atoms with van der Waals surface area (Å²) in [6, 6.07) is 18.4. The summed E-state index contributed by atoms with van der Waals surface area (Å²) in [7, 11) is 0. The molecular weight excluding hydrogens is 310 g/mol. The fraction of sp³-hybridized carbons (Fsp3) is 0.318. The van der Waals surface area contributed by atoms with Gasteiger partial charge in [-0.3, -0.25) is 4.79 Å². The van der Waals surface area contributed by atoms with Crippen molar-refractivity contribution < 1.29 is 9.90 Å². The molecule has 2 aromatic rings. The number of hydrogen-bond donors (Lipinski definition) is 2. The van der Waals surface area contributed by atoms with Gasteiger partial charge in [0.25, 0.3) is 0 Å². The lowest BCUT2D eigenvalue weighted by Gasteiger charge is -2.26. The topological polar surface area (TPSA) is 49.3 Å². The first-order chi connectivity index (χ1) is 12.0. The van der Waals surface area contributed by atoms with E-state index in [4.69, 9.17) is 0 Å². The summed E-state index contributed by atoms with van der Waals surface area (Å²) in [4.78, 5) is 12.8. The minimum atomic E-state index is -0.611. The number of rotatable bonds is 5. The number of carbonyl (C=O) groups excluding carboxylic acids is 1. The third kappa shape index (κ3) is 3.83. The fourth-order valence-corrected chi connectivity index (χ4v) is 3.21. The third-order valence-electron chi connectivity index (χ3n) is 5.00. The van der Waals surface area contributed by atoms with Gasteiger partial charge < -0.3 is 10.4 Å². The zero-order valence-electron chi connectivity index (χ0n) is 14.8. The molecule has 0 heterocycles. The molecule has 25 heavy (non-hydrogen) atoms. The number of benzene rings is 2. The van der Waals surface area contributed by atoms with E-state index >= 15 is 0 Å². The highest BCUT2D eigenvalue weighted by molar-refractivity contribution is 5.88. The van der Waals surface area contributed by atoms with E-state index in [0.29, 0.717) is 0 Å². The highest BCUT2D eigenvalue weighted by Gasteiger charge is 2.32. The molecule has 0 fully saturated rings. The van der Waals surface area contributed by atoms with Crippen LogP contribution in [0, 0.1) is 5.92 Å². The van der Waals surface area contributed by atoms with Crippen molar-refractivity contribution >= 4 is 5.91 Å². The molecule has 1 aliphatic carbocycles. The van der Waals surface area contributed by atoms with E-state index in [1.165, 1.54) is 5.56 Å². The van der Waals surface area contributed by atoms with Crippen LogP contribution in [0.1, 0.15) is 25.8 Å². The number of aliphatic hydroxyl groups excluding tert-OH is 1. The van der Waals surface area contributed by atoms with Crippen LogP contribution in [0.2, 0.25) is 0 Å². The lowest BCUT2D eigenvalue weighted by Crippen LogP contribution is -2.44. The Kier molecular flexibility index (Phi) is 5.05. The van der Waals surface area contributed by atoms with Crippen LogP contribution in [0.5, 0.6) is 0 Å². The predicted molar refractivity (Wildman–Crippen MR) is 101 cm³/mol. The molecule has 1 amide bonds. The normalized spacial score (nSPS) is 19.8. The maximum absolute atomic E-state index is 12.8. The predicted octanol–water partition coefficient (Wildman–Crippen LogP) is 3.68. The third-order valence-corrected chi connectivity index (χ3v) is 5.00. The first-order valence-electron chi connectivity index (χ1n) is 8.77. The van der Waals surface area contributed by atoms with Crippen molar-refractivity contribution in [3.05, 3.63) is 72.3 Å². The molecule has 3 nitrogen and oxygen atoms in total. The molecule has 0 bridgehead atoms. The fourth-order valence-electron chi connectivity index (χ4n) is 3.21. The minimum absolute atomic E-state index is 0.00696. The molecule has 0 saturated heterocycles. The highest BCUT2D eigenvalue weighted by atomic mass is 16.3. The summed E-state index contributed by atoms with van der Waals surface area (Å²) in [5.41, 5.74) is 2.69. The van der Waals surface area contributed by atoms with Crippen molar-refractivity contribution in [1.82, 2.24) is 5.32 Å². The number of nitrogens with one attached hydrogen (secondary N) is 1. The Hall–Kier alpha value is -2.39. The van der Waals surface area contributed by atoms with Gasteiger partial charge in [0, 0.05) is 18.6 Å². The average Bonchev–Trinajstić information content (AvgIpc) is 3.10. The van der Waals surface area contributed by atoms with Gasteiger partial charge in [-0.15, -0.1) is 0 Å². The van der Waals surface area contributed by atoms with Crippen LogP contribution in [-0.2, 0) is 10.2 Å². The second kappa shape index (κ2) is 7.24. The van der Waals surface area contributed by atoms with Gasteiger partial charge >= 0.3 is 0 Å². The Labute approximate surface area is 149 Å². The quantitative estimate of drug-likeness (QED) is 0.819. The van der Waals surface area contributed by atoms with Crippen LogP contribution in [-0.4, -0.2) is 23.7 Å². The van der Waals surface area contributed by atoms with Crippen molar-refractivity contribution in [2.24, 2.45) is 5.92 Å². The van der Waals surface area contributed by atoms with Crippen molar-refractivity contribution in [3.63, 3.8) is 0 Å². The Balaban J connectivity index is 1.71. The molecule has 0 unspecified atom stereocenters. The molecule has 2 atom stereocenters. The smallest absolute Gasteiger partial charge is 0.230 e. The summed E-state index contributed by atoms with van der Waals surface area (Å²) in [5.74, 6) is 0.159. The van der Waals surface area contributed by atoms with Crippen molar-refractivity contribution in [2.75, 3.05) is 6.61 Å². The molecule has 3 heteroatoms. The molecule has 0 radical (unpaired) electrons. The van der Waals surface area contributed by atoms with Gasteiger partial charge in [-0.2, -0.15) is 0 Å². The molecule has 2 N–H and O–H groups in total. The lowest BCUT2D eigenvalue weighted by molar-refractivity contribution is -0.126. The molecule has 3 rings (SSSR count). The van der Waals surface area contributed by atoms with E-state index in [9.17, 15) is 9.90 Å². The Morgan fingerprint density at radius 1 is 1.04 bits per heavy atom. The largest absolute Gasteiger partial charge is 0.396 e. The van der Waals surface area contributed by atoms with E-state index in [0.717, 1.165) is 17.5 Å². The zero-order valence-corrected chi connectivity index (χ0v) is 14.8. The van der Waals surface area contributed by atoms with Crippen molar-refractivity contribution in [3.8, 4) is 11.1 Å². The number of hydrogen-bond acceptors (Lipinski definition) is 2. The monoisotopic (exact) mass is 335 g/mol. The molecule has 1 aliphatic rings. The van der Waals surface area contributed by atoms with Gasteiger partial charge in [0.15, 0.2) is 0 Å². The molecule has 0 aromatic heterocycles. The SMILES string of the molecule is CC(C)(C(=O)N[C@@H]1C=C[C@H](CO)C1)c1ccc(-c2ccccc2)cc1. The van der Waals surface area contributed by atoms with Gasteiger partial charge in [0.05, 0.1) is 5.41 Å². The summed E-state index contributed by atoms with van der Waals surface area (Å²) in [6.07, 6.45) is 4.73. The molecule has 0 saturated carbocycles. The van der Waals surface area contributed by atoms with Gasteiger partial charge in [0.2, 0.25) is 5.91 Å². The number of carbonyl (C=O) groups is 1. The van der Waals surface area contributed by atoms with Crippen molar-refractivity contribution in [2.45, 2.75) is 31.7 Å². The zero-order chi connectivity index (χ0) is 17.9. The molecule has 2 aromatic carbocycles.